The molecule has 0 bridgehead atoms. The number of nitrogens with one attached hydrogen (secondary N) is 1. The van der Waals surface area contributed by atoms with Gasteiger partial charge in [-0.1, -0.05) is 6.92 Å². The van der Waals surface area contributed by atoms with Crippen molar-refractivity contribution in [3.8, 4) is 5.75 Å². The van der Waals surface area contributed by atoms with Crippen LogP contribution in [0.1, 0.15) is 6.92 Å². The zero-order chi connectivity index (χ0) is 12.7. The summed E-state index contributed by atoms with van der Waals surface area (Å²) in [6.45, 7) is 3.10. The lowest BCUT2D eigenvalue weighted by molar-refractivity contribution is -0.384. The first kappa shape index (κ1) is 13.4. The maximum atomic E-state index is 10.4. The molecule has 6 heteroatoms. The minimum Gasteiger partial charge on any atom is -0.489 e. The van der Waals surface area contributed by atoms with E-state index in [9.17, 15) is 10.1 Å². The molecule has 0 heterocycles. The van der Waals surface area contributed by atoms with Crippen molar-refractivity contribution in [2.45, 2.75) is 13.2 Å². The van der Waals surface area contributed by atoms with Crippen LogP contribution in [0.4, 0.5) is 5.69 Å². The fourth-order valence-electron chi connectivity index (χ4n) is 1.27. The van der Waals surface area contributed by atoms with Crippen LogP contribution in [0.15, 0.2) is 24.3 Å². The lowest BCUT2D eigenvalue weighted by Gasteiger charge is -2.16. The van der Waals surface area contributed by atoms with Crippen LogP contribution in [-0.4, -0.2) is 31.4 Å². The summed E-state index contributed by atoms with van der Waals surface area (Å²) in [4.78, 5) is 10.0. The molecule has 6 nitrogen and oxygen atoms in total. The second kappa shape index (κ2) is 6.82. The number of non-ortho nitro benzene ring substituents is 1. The van der Waals surface area contributed by atoms with Gasteiger partial charge in [-0.05, 0) is 18.7 Å². The van der Waals surface area contributed by atoms with E-state index in [0.717, 1.165) is 6.54 Å². The summed E-state index contributed by atoms with van der Waals surface area (Å²) in [5, 5.41) is 13.5. The molecule has 0 aliphatic carbocycles. The van der Waals surface area contributed by atoms with E-state index in [-0.39, 0.29) is 11.9 Å². The number of rotatable bonds is 7. The molecule has 0 saturated carbocycles. The van der Waals surface area contributed by atoms with Crippen LogP contribution in [0, 0.1) is 10.1 Å². The van der Waals surface area contributed by atoms with Crippen LogP contribution in [0.5, 0.6) is 5.75 Å². The largest absolute Gasteiger partial charge is 0.489 e. The first-order valence-electron chi connectivity index (χ1n) is 5.30. The second-order valence-corrected chi connectivity index (χ2v) is 3.34. The fraction of sp³-hybridized carbons (Fsp3) is 0.455. The Morgan fingerprint density at radius 3 is 2.53 bits per heavy atom. The van der Waals surface area contributed by atoms with Gasteiger partial charge in [0, 0.05) is 19.2 Å². The lowest BCUT2D eigenvalue weighted by Crippen LogP contribution is -2.36. The normalized spacial score (nSPS) is 12.1. The zero-order valence-corrected chi connectivity index (χ0v) is 9.88. The number of hydrogen-bond donors (Lipinski definition) is 1. The van der Waals surface area contributed by atoms with E-state index in [2.05, 4.69) is 5.32 Å². The predicted octanol–water partition coefficient (Wildman–Crippen LogP) is 1.56. The van der Waals surface area contributed by atoms with Gasteiger partial charge in [0.05, 0.1) is 4.92 Å². The minimum absolute atomic E-state index is 0.0484. The molecule has 17 heavy (non-hydrogen) atoms. The smallest absolute Gasteiger partial charge is 0.269 e. The third-order valence-corrected chi connectivity index (χ3v) is 2.17. The maximum Gasteiger partial charge on any atom is 0.269 e. The minimum atomic E-state index is -0.444. The van der Waals surface area contributed by atoms with E-state index >= 15 is 0 Å². The molecule has 1 N–H and O–H groups in total. The highest BCUT2D eigenvalue weighted by molar-refractivity contribution is 5.35. The highest BCUT2D eigenvalue weighted by Gasteiger charge is 2.07. The van der Waals surface area contributed by atoms with Gasteiger partial charge in [0.2, 0.25) is 0 Å². The Balaban J connectivity index is 2.48. The number of hydrogen-bond acceptors (Lipinski definition) is 5. The van der Waals surface area contributed by atoms with Gasteiger partial charge in [0.1, 0.15) is 18.6 Å². The van der Waals surface area contributed by atoms with Gasteiger partial charge in [0.25, 0.3) is 5.69 Å². The lowest BCUT2D eigenvalue weighted by atomic mass is 10.3. The first-order valence-corrected chi connectivity index (χ1v) is 5.30. The molecule has 0 amide bonds. The summed E-state index contributed by atoms with van der Waals surface area (Å²) < 4.78 is 10.6. The molecule has 1 aromatic carbocycles. The van der Waals surface area contributed by atoms with Crippen molar-refractivity contribution in [2.24, 2.45) is 0 Å². The van der Waals surface area contributed by atoms with Gasteiger partial charge in [0.15, 0.2) is 0 Å². The quantitative estimate of drug-likeness (QED) is 0.444. The highest BCUT2D eigenvalue weighted by Crippen LogP contribution is 2.17. The van der Waals surface area contributed by atoms with Crippen molar-refractivity contribution in [1.29, 1.82) is 0 Å². The van der Waals surface area contributed by atoms with Crippen molar-refractivity contribution in [3.63, 3.8) is 0 Å². The molecule has 1 rings (SSSR count). The first-order chi connectivity index (χ1) is 8.17. The fourth-order valence-corrected chi connectivity index (χ4v) is 1.27. The number of nitrogens with zero attached hydrogens (tertiary/aromatic N) is 1. The van der Waals surface area contributed by atoms with E-state index in [1.807, 2.05) is 6.92 Å². The van der Waals surface area contributed by atoms with E-state index in [1.54, 1.807) is 19.2 Å². The Hall–Kier alpha value is -1.66. The van der Waals surface area contributed by atoms with Gasteiger partial charge in [-0.3, -0.25) is 15.4 Å². The van der Waals surface area contributed by atoms with Crippen LogP contribution >= 0.6 is 0 Å². The van der Waals surface area contributed by atoms with Crippen molar-refractivity contribution >= 4 is 5.69 Å². The number of methoxy groups -OCH3 is 1. The third-order valence-electron chi connectivity index (χ3n) is 2.17. The van der Waals surface area contributed by atoms with Crippen molar-refractivity contribution in [2.75, 3.05) is 20.3 Å². The molecule has 94 valence electrons. The Labute approximate surface area is 99.7 Å². The van der Waals surface area contributed by atoms with Crippen LogP contribution in [0.25, 0.3) is 0 Å². The third kappa shape index (κ3) is 4.38. The summed E-state index contributed by atoms with van der Waals surface area (Å²) in [6.07, 6.45) is -0.185. The second-order valence-electron chi connectivity index (χ2n) is 3.34. The highest BCUT2D eigenvalue weighted by atomic mass is 16.6. The number of nitro benzene ring substituents is 1. The Morgan fingerprint density at radius 1 is 1.41 bits per heavy atom. The molecule has 1 unspecified atom stereocenters. The van der Waals surface area contributed by atoms with Crippen molar-refractivity contribution in [1.82, 2.24) is 5.32 Å². The number of benzene rings is 1. The van der Waals surface area contributed by atoms with Crippen LogP contribution in [0.3, 0.4) is 0 Å². The number of likely N-dealkylation sites (N-methyl/N-ethyl adjacent to an activating group) is 1. The van der Waals surface area contributed by atoms with Gasteiger partial charge >= 0.3 is 0 Å². The summed E-state index contributed by atoms with van der Waals surface area (Å²) in [5.74, 6) is 0.579. The Kier molecular flexibility index (Phi) is 5.38. The van der Waals surface area contributed by atoms with Crippen LogP contribution < -0.4 is 10.1 Å². The van der Waals surface area contributed by atoms with Crippen LogP contribution in [0.2, 0.25) is 0 Å². The summed E-state index contributed by atoms with van der Waals surface area (Å²) >= 11 is 0. The van der Waals surface area contributed by atoms with E-state index in [1.165, 1.54) is 12.1 Å². The van der Waals surface area contributed by atoms with Gasteiger partial charge in [-0.25, -0.2) is 0 Å². The standard InChI is InChI=1S/C11H16N2O4/c1-3-12-11(16-2)8-17-10-6-4-9(5-7-10)13(14)15/h4-7,11-12H,3,8H2,1-2H3. The summed E-state index contributed by atoms with van der Waals surface area (Å²) in [6, 6.07) is 5.95. The van der Waals surface area contributed by atoms with E-state index < -0.39 is 4.92 Å². The molecule has 1 aromatic rings. The van der Waals surface area contributed by atoms with Gasteiger partial charge in [-0.15, -0.1) is 0 Å². The molecule has 0 aliphatic heterocycles. The maximum absolute atomic E-state index is 10.4. The average Bonchev–Trinajstić information content (AvgIpc) is 2.35. The predicted molar refractivity (Wildman–Crippen MR) is 63.1 cm³/mol. The molecule has 1 atom stereocenters. The topological polar surface area (TPSA) is 73.6 Å². The van der Waals surface area contributed by atoms with Crippen molar-refractivity contribution in [3.05, 3.63) is 34.4 Å². The Bertz CT molecular complexity index is 353. The number of ether oxygens (including phenoxy) is 2. The van der Waals surface area contributed by atoms with Gasteiger partial charge in [-0.2, -0.15) is 0 Å². The average molecular weight is 240 g/mol. The molecule has 0 aliphatic rings. The zero-order valence-electron chi connectivity index (χ0n) is 9.88. The van der Waals surface area contributed by atoms with Gasteiger partial charge < -0.3 is 9.47 Å². The van der Waals surface area contributed by atoms with Crippen LogP contribution in [-0.2, 0) is 4.74 Å². The van der Waals surface area contributed by atoms with E-state index in [0.29, 0.717) is 12.4 Å². The molecule has 0 saturated heterocycles. The molecule has 0 aromatic heterocycles. The number of nitro groups is 1. The Morgan fingerprint density at radius 2 is 2.06 bits per heavy atom. The monoisotopic (exact) mass is 240 g/mol. The molecule has 0 fully saturated rings. The molecular formula is C11H16N2O4. The summed E-state index contributed by atoms with van der Waals surface area (Å²) in [5.41, 5.74) is 0.0484. The molecule has 0 spiro atoms. The SMILES string of the molecule is CCNC(COc1ccc([N+](=O)[O-])cc1)OC. The van der Waals surface area contributed by atoms with Crippen molar-refractivity contribution < 1.29 is 14.4 Å². The van der Waals surface area contributed by atoms with E-state index in [4.69, 9.17) is 9.47 Å². The molecule has 0 radical (unpaired) electrons. The molecular weight excluding hydrogens is 224 g/mol. The summed E-state index contributed by atoms with van der Waals surface area (Å²) in [7, 11) is 1.59.